The van der Waals surface area contributed by atoms with E-state index in [0.29, 0.717) is 27.7 Å². The summed E-state index contributed by atoms with van der Waals surface area (Å²) < 4.78 is 0. The molecule has 2 heterocycles. The van der Waals surface area contributed by atoms with Crippen LogP contribution in [-0.4, -0.2) is 22.5 Å². The van der Waals surface area contributed by atoms with Gasteiger partial charge in [-0.1, -0.05) is 23.2 Å². The van der Waals surface area contributed by atoms with Gasteiger partial charge in [0.1, 0.15) is 5.82 Å². The maximum Gasteiger partial charge on any atom is 0.161 e. The van der Waals surface area contributed by atoms with E-state index in [1.165, 1.54) is 11.5 Å². The molecular formula is C10H14Cl2N4S. The third-order valence-corrected chi connectivity index (χ3v) is 4.25. The minimum atomic E-state index is 0.419. The maximum atomic E-state index is 6.09. The molecule has 0 amide bonds. The lowest BCUT2D eigenvalue weighted by Gasteiger charge is -2.23. The minimum absolute atomic E-state index is 0.419. The second kappa shape index (κ2) is 6.00. The zero-order chi connectivity index (χ0) is 12.3. The highest BCUT2D eigenvalue weighted by Crippen LogP contribution is 2.30. The summed E-state index contributed by atoms with van der Waals surface area (Å²) in [5.41, 5.74) is 2.45. The zero-order valence-electron chi connectivity index (χ0n) is 9.17. The van der Waals surface area contributed by atoms with E-state index in [1.54, 1.807) is 6.07 Å². The third-order valence-electron chi connectivity index (χ3n) is 2.63. The van der Waals surface area contributed by atoms with Gasteiger partial charge in [-0.3, -0.25) is 0 Å². The number of hydrogen-bond donors (Lipinski definition) is 3. The number of nitrogen functional groups attached to an aromatic ring is 1. The molecule has 0 unspecified atom stereocenters. The van der Waals surface area contributed by atoms with Gasteiger partial charge in [-0.15, -0.1) is 0 Å². The number of nitrogens with two attached hydrogens (primary N) is 1. The molecule has 1 saturated heterocycles. The largest absolute Gasteiger partial charge is 0.366 e. The van der Waals surface area contributed by atoms with Gasteiger partial charge in [-0.05, 0) is 30.4 Å². The summed E-state index contributed by atoms with van der Waals surface area (Å²) >= 11 is 14.0. The number of hydrazine groups is 1. The Morgan fingerprint density at radius 2 is 1.88 bits per heavy atom. The molecule has 0 bridgehead atoms. The summed E-state index contributed by atoms with van der Waals surface area (Å²) in [5, 5.41) is 4.28. The normalized spacial score (nSPS) is 16.9. The first-order valence-electron chi connectivity index (χ1n) is 5.37. The standard InChI is InChI=1S/C10H14Cl2N4S/c11-7-5-8(12)10(16-13)15-9(7)14-6-1-3-17-4-2-6/h5-6H,1-4,13H2,(H2,14,15,16). The van der Waals surface area contributed by atoms with E-state index in [4.69, 9.17) is 29.0 Å². The van der Waals surface area contributed by atoms with E-state index < -0.39 is 0 Å². The van der Waals surface area contributed by atoms with Crippen molar-refractivity contribution in [1.82, 2.24) is 4.98 Å². The first-order chi connectivity index (χ1) is 8.20. The Hall–Kier alpha value is -0.360. The van der Waals surface area contributed by atoms with Crippen LogP contribution in [0.25, 0.3) is 0 Å². The van der Waals surface area contributed by atoms with E-state index in [9.17, 15) is 0 Å². The Labute approximate surface area is 115 Å². The number of pyridine rings is 1. The van der Waals surface area contributed by atoms with Gasteiger partial charge in [0.05, 0.1) is 10.0 Å². The molecule has 0 radical (unpaired) electrons. The summed E-state index contributed by atoms with van der Waals surface area (Å²) in [6, 6.07) is 2.07. The second-order valence-electron chi connectivity index (χ2n) is 3.82. The van der Waals surface area contributed by atoms with E-state index in [2.05, 4.69) is 15.7 Å². The topological polar surface area (TPSA) is 63.0 Å². The van der Waals surface area contributed by atoms with Crippen molar-refractivity contribution in [2.45, 2.75) is 18.9 Å². The monoisotopic (exact) mass is 292 g/mol. The number of nitrogens with zero attached hydrogens (tertiary/aromatic N) is 1. The van der Waals surface area contributed by atoms with Gasteiger partial charge in [-0.2, -0.15) is 11.8 Å². The summed E-state index contributed by atoms with van der Waals surface area (Å²) in [6.07, 6.45) is 2.24. The highest BCUT2D eigenvalue weighted by molar-refractivity contribution is 7.99. The smallest absolute Gasteiger partial charge is 0.161 e. The fraction of sp³-hybridized carbons (Fsp3) is 0.500. The Bertz CT molecular complexity index is 396. The van der Waals surface area contributed by atoms with E-state index >= 15 is 0 Å². The molecule has 2 rings (SSSR count). The van der Waals surface area contributed by atoms with Crippen LogP contribution in [0.4, 0.5) is 11.6 Å². The van der Waals surface area contributed by atoms with Gasteiger partial charge in [0.25, 0.3) is 0 Å². The Morgan fingerprint density at radius 1 is 1.24 bits per heavy atom. The number of rotatable bonds is 3. The van der Waals surface area contributed by atoms with Gasteiger partial charge in [0.15, 0.2) is 5.82 Å². The van der Waals surface area contributed by atoms with Crippen molar-refractivity contribution in [3.63, 3.8) is 0 Å². The van der Waals surface area contributed by atoms with Crippen LogP contribution in [0, 0.1) is 0 Å². The molecule has 4 N–H and O–H groups in total. The summed E-state index contributed by atoms with van der Waals surface area (Å²) in [6.45, 7) is 0. The lowest BCUT2D eigenvalue weighted by Crippen LogP contribution is -2.25. The fourth-order valence-corrected chi connectivity index (χ4v) is 3.28. The lowest BCUT2D eigenvalue weighted by atomic mass is 10.1. The molecule has 17 heavy (non-hydrogen) atoms. The molecule has 1 aromatic heterocycles. The van der Waals surface area contributed by atoms with Crippen molar-refractivity contribution in [3.8, 4) is 0 Å². The molecule has 1 aromatic rings. The van der Waals surface area contributed by atoms with Crippen molar-refractivity contribution < 1.29 is 0 Å². The van der Waals surface area contributed by atoms with Crippen molar-refractivity contribution >= 4 is 46.6 Å². The van der Waals surface area contributed by atoms with Crippen LogP contribution < -0.4 is 16.6 Å². The highest BCUT2D eigenvalue weighted by Gasteiger charge is 2.16. The average molecular weight is 293 g/mol. The van der Waals surface area contributed by atoms with Crippen LogP contribution in [-0.2, 0) is 0 Å². The van der Waals surface area contributed by atoms with E-state index in [1.807, 2.05) is 11.8 Å². The molecule has 1 aliphatic heterocycles. The van der Waals surface area contributed by atoms with Crippen molar-refractivity contribution in [1.29, 1.82) is 0 Å². The van der Waals surface area contributed by atoms with Crippen molar-refractivity contribution in [2.75, 3.05) is 22.2 Å². The van der Waals surface area contributed by atoms with Crippen LogP contribution in [0.3, 0.4) is 0 Å². The van der Waals surface area contributed by atoms with Crippen molar-refractivity contribution in [3.05, 3.63) is 16.1 Å². The number of anilines is 2. The van der Waals surface area contributed by atoms with Gasteiger partial charge in [0, 0.05) is 6.04 Å². The van der Waals surface area contributed by atoms with Crippen LogP contribution in [0.2, 0.25) is 10.0 Å². The third kappa shape index (κ3) is 3.31. The van der Waals surface area contributed by atoms with Gasteiger partial charge in [-0.25, -0.2) is 10.8 Å². The second-order valence-corrected chi connectivity index (χ2v) is 5.86. The molecular weight excluding hydrogens is 279 g/mol. The molecule has 0 saturated carbocycles. The molecule has 1 fully saturated rings. The maximum absolute atomic E-state index is 6.09. The summed E-state index contributed by atoms with van der Waals surface area (Å²) in [4.78, 5) is 4.27. The van der Waals surface area contributed by atoms with Crippen LogP contribution >= 0.6 is 35.0 Å². The molecule has 7 heteroatoms. The summed E-state index contributed by atoms with van der Waals surface area (Å²) in [7, 11) is 0. The first kappa shape index (κ1) is 13.1. The molecule has 0 atom stereocenters. The highest BCUT2D eigenvalue weighted by atomic mass is 35.5. The molecule has 94 valence electrons. The lowest BCUT2D eigenvalue weighted by molar-refractivity contribution is 0.664. The molecule has 0 aliphatic carbocycles. The van der Waals surface area contributed by atoms with E-state index in [-0.39, 0.29) is 0 Å². The number of hydrogen-bond acceptors (Lipinski definition) is 5. The minimum Gasteiger partial charge on any atom is -0.366 e. The Kier molecular flexibility index (Phi) is 4.62. The predicted octanol–water partition coefficient (Wildman–Crippen LogP) is 2.98. The molecule has 0 aromatic carbocycles. The summed E-state index contributed by atoms with van der Waals surface area (Å²) in [5.74, 6) is 8.75. The number of halogens is 2. The van der Waals surface area contributed by atoms with Gasteiger partial charge in [0.2, 0.25) is 0 Å². The SMILES string of the molecule is NNc1nc(NC2CCSCC2)c(Cl)cc1Cl. The predicted molar refractivity (Wildman–Crippen MR) is 76.0 cm³/mol. The van der Waals surface area contributed by atoms with Crippen LogP contribution in [0.5, 0.6) is 0 Å². The molecule has 1 aliphatic rings. The average Bonchev–Trinajstić information content (AvgIpc) is 2.34. The van der Waals surface area contributed by atoms with Gasteiger partial charge < -0.3 is 10.7 Å². The van der Waals surface area contributed by atoms with Crippen LogP contribution in [0.1, 0.15) is 12.8 Å². The van der Waals surface area contributed by atoms with E-state index in [0.717, 1.165) is 12.8 Å². The number of nitrogens with one attached hydrogen (secondary N) is 2. The quantitative estimate of drug-likeness (QED) is 0.590. The van der Waals surface area contributed by atoms with Gasteiger partial charge >= 0.3 is 0 Å². The Morgan fingerprint density at radius 3 is 2.53 bits per heavy atom. The fourth-order valence-electron chi connectivity index (χ4n) is 1.70. The zero-order valence-corrected chi connectivity index (χ0v) is 11.5. The molecule has 4 nitrogen and oxygen atoms in total. The number of thioether (sulfide) groups is 1. The van der Waals surface area contributed by atoms with Crippen molar-refractivity contribution in [2.24, 2.45) is 5.84 Å². The Balaban J connectivity index is 2.13. The number of aromatic nitrogens is 1. The van der Waals surface area contributed by atoms with Crippen LogP contribution in [0.15, 0.2) is 6.07 Å². The molecule has 0 spiro atoms. The first-order valence-corrected chi connectivity index (χ1v) is 7.28.